The van der Waals surface area contributed by atoms with Gasteiger partial charge in [-0.1, -0.05) is 12.1 Å². The summed E-state index contributed by atoms with van der Waals surface area (Å²) in [6.07, 6.45) is 1.71. The van der Waals surface area contributed by atoms with Crippen LogP contribution in [0.4, 0.5) is 0 Å². The quantitative estimate of drug-likeness (QED) is 0.728. The van der Waals surface area contributed by atoms with Gasteiger partial charge in [-0.2, -0.15) is 11.8 Å². The van der Waals surface area contributed by atoms with Crippen LogP contribution in [0.15, 0.2) is 41.0 Å². The molecule has 18 heavy (non-hydrogen) atoms. The first-order chi connectivity index (χ1) is 8.75. The van der Waals surface area contributed by atoms with Crippen molar-refractivity contribution in [2.45, 2.75) is 19.6 Å². The van der Waals surface area contributed by atoms with Crippen molar-refractivity contribution in [3.63, 3.8) is 0 Å². The number of hydrogen-bond donors (Lipinski definition) is 0. The van der Waals surface area contributed by atoms with Crippen LogP contribution in [-0.2, 0) is 5.75 Å². The number of rotatable bonds is 6. The van der Waals surface area contributed by atoms with Crippen LogP contribution in [0.25, 0.3) is 0 Å². The maximum atomic E-state index is 5.79. The van der Waals surface area contributed by atoms with Crippen LogP contribution in [0.3, 0.4) is 0 Å². The number of ether oxygens (including phenoxy) is 1. The van der Waals surface area contributed by atoms with Crippen LogP contribution in [0.1, 0.15) is 16.9 Å². The zero-order valence-corrected chi connectivity index (χ0v) is 11.6. The van der Waals surface area contributed by atoms with E-state index in [9.17, 15) is 0 Å². The summed E-state index contributed by atoms with van der Waals surface area (Å²) >= 11 is 1.82. The highest BCUT2D eigenvalue weighted by atomic mass is 32.2. The molecule has 0 spiro atoms. The minimum absolute atomic E-state index is 0.732. The number of thioether (sulfide) groups is 1. The Labute approximate surface area is 112 Å². The number of aryl methyl sites for hydroxylation is 2. The lowest BCUT2D eigenvalue weighted by molar-refractivity contribution is 0.341. The highest BCUT2D eigenvalue weighted by Crippen LogP contribution is 2.19. The molecule has 2 aromatic rings. The Morgan fingerprint density at radius 2 is 2.11 bits per heavy atom. The third kappa shape index (κ3) is 3.84. The molecular formula is C15H18O2S. The summed E-state index contributed by atoms with van der Waals surface area (Å²) in [5.74, 6) is 3.89. The van der Waals surface area contributed by atoms with Crippen molar-refractivity contribution in [1.82, 2.24) is 0 Å². The molecule has 0 saturated heterocycles. The maximum absolute atomic E-state index is 5.79. The van der Waals surface area contributed by atoms with Gasteiger partial charge in [-0.15, -0.1) is 0 Å². The van der Waals surface area contributed by atoms with Crippen LogP contribution in [0.5, 0.6) is 5.75 Å². The molecule has 1 aromatic heterocycles. The minimum atomic E-state index is 0.732. The molecular weight excluding hydrogens is 244 g/mol. The van der Waals surface area contributed by atoms with Crippen molar-refractivity contribution < 1.29 is 9.15 Å². The molecule has 0 bridgehead atoms. The molecule has 0 aliphatic heterocycles. The molecule has 2 nitrogen and oxygen atoms in total. The first-order valence-corrected chi connectivity index (χ1v) is 7.21. The van der Waals surface area contributed by atoms with Crippen LogP contribution in [-0.4, -0.2) is 12.4 Å². The predicted molar refractivity (Wildman–Crippen MR) is 76.3 cm³/mol. The standard InChI is InChI=1S/C15H18O2S/c1-12-5-6-13(2)15(10-12)17-8-9-18-11-14-4-3-7-16-14/h3-7,10H,8-9,11H2,1-2H3. The average Bonchev–Trinajstić information content (AvgIpc) is 2.86. The van der Waals surface area contributed by atoms with E-state index in [1.54, 1.807) is 6.26 Å². The van der Waals surface area contributed by atoms with E-state index in [1.165, 1.54) is 11.1 Å². The van der Waals surface area contributed by atoms with E-state index in [0.717, 1.165) is 29.6 Å². The first-order valence-electron chi connectivity index (χ1n) is 6.06. The lowest BCUT2D eigenvalue weighted by Crippen LogP contribution is -2.01. The molecule has 1 heterocycles. The van der Waals surface area contributed by atoms with Gasteiger partial charge in [0.05, 0.1) is 18.6 Å². The van der Waals surface area contributed by atoms with Gasteiger partial charge in [-0.25, -0.2) is 0 Å². The van der Waals surface area contributed by atoms with Crippen molar-refractivity contribution in [3.8, 4) is 5.75 Å². The lowest BCUT2D eigenvalue weighted by atomic mass is 10.1. The van der Waals surface area contributed by atoms with Crippen molar-refractivity contribution >= 4 is 11.8 Å². The van der Waals surface area contributed by atoms with Gasteiger partial charge >= 0.3 is 0 Å². The van der Waals surface area contributed by atoms with E-state index < -0.39 is 0 Å². The van der Waals surface area contributed by atoms with Crippen molar-refractivity contribution in [2.24, 2.45) is 0 Å². The average molecular weight is 262 g/mol. The van der Waals surface area contributed by atoms with E-state index in [2.05, 4.69) is 32.0 Å². The molecule has 0 radical (unpaired) electrons. The van der Waals surface area contributed by atoms with E-state index in [4.69, 9.17) is 9.15 Å². The summed E-state index contributed by atoms with van der Waals surface area (Å²) in [4.78, 5) is 0. The largest absolute Gasteiger partial charge is 0.492 e. The lowest BCUT2D eigenvalue weighted by Gasteiger charge is -2.09. The Balaban J connectivity index is 1.70. The third-order valence-electron chi connectivity index (χ3n) is 2.65. The Morgan fingerprint density at radius 3 is 2.89 bits per heavy atom. The molecule has 0 saturated carbocycles. The summed E-state index contributed by atoms with van der Waals surface area (Å²) < 4.78 is 11.1. The molecule has 2 rings (SSSR count). The fourth-order valence-electron chi connectivity index (χ4n) is 1.64. The second kappa shape index (κ2) is 6.55. The number of benzene rings is 1. The van der Waals surface area contributed by atoms with Crippen LogP contribution < -0.4 is 4.74 Å². The molecule has 0 unspecified atom stereocenters. The normalized spacial score (nSPS) is 10.6. The van der Waals surface area contributed by atoms with E-state index in [1.807, 2.05) is 23.9 Å². The fourth-order valence-corrected chi connectivity index (χ4v) is 2.35. The zero-order chi connectivity index (χ0) is 12.8. The zero-order valence-electron chi connectivity index (χ0n) is 10.8. The molecule has 0 fully saturated rings. The summed E-state index contributed by atoms with van der Waals surface area (Å²) in [7, 11) is 0. The summed E-state index contributed by atoms with van der Waals surface area (Å²) in [6.45, 7) is 4.89. The second-order valence-corrected chi connectivity index (χ2v) is 5.35. The van der Waals surface area contributed by atoms with E-state index >= 15 is 0 Å². The Bertz CT molecular complexity index is 477. The molecule has 1 aromatic carbocycles. The van der Waals surface area contributed by atoms with Gasteiger partial charge in [0.25, 0.3) is 0 Å². The third-order valence-corrected chi connectivity index (χ3v) is 3.60. The van der Waals surface area contributed by atoms with Gasteiger partial charge in [0.15, 0.2) is 0 Å². The van der Waals surface area contributed by atoms with Gasteiger partial charge < -0.3 is 9.15 Å². The summed E-state index contributed by atoms with van der Waals surface area (Å²) in [6, 6.07) is 10.2. The smallest absolute Gasteiger partial charge is 0.122 e. The Morgan fingerprint density at radius 1 is 1.22 bits per heavy atom. The monoisotopic (exact) mass is 262 g/mol. The first kappa shape index (κ1) is 13.1. The van der Waals surface area contributed by atoms with Crippen LogP contribution in [0.2, 0.25) is 0 Å². The topological polar surface area (TPSA) is 22.4 Å². The van der Waals surface area contributed by atoms with Crippen molar-refractivity contribution in [3.05, 3.63) is 53.5 Å². The van der Waals surface area contributed by atoms with Gasteiger partial charge in [-0.3, -0.25) is 0 Å². The maximum Gasteiger partial charge on any atom is 0.122 e. The summed E-state index contributed by atoms with van der Waals surface area (Å²) in [5.41, 5.74) is 2.43. The van der Waals surface area contributed by atoms with Gasteiger partial charge in [0.2, 0.25) is 0 Å². The molecule has 0 N–H and O–H groups in total. The molecule has 0 aliphatic carbocycles. The van der Waals surface area contributed by atoms with Crippen molar-refractivity contribution in [2.75, 3.05) is 12.4 Å². The van der Waals surface area contributed by atoms with Gasteiger partial charge in [0, 0.05) is 5.75 Å². The fraction of sp³-hybridized carbons (Fsp3) is 0.333. The SMILES string of the molecule is Cc1ccc(C)c(OCCSCc2ccco2)c1. The number of hydrogen-bond acceptors (Lipinski definition) is 3. The van der Waals surface area contributed by atoms with E-state index in [-0.39, 0.29) is 0 Å². The van der Waals surface area contributed by atoms with Gasteiger partial charge in [-0.05, 0) is 43.2 Å². The molecule has 0 amide bonds. The summed E-state index contributed by atoms with van der Waals surface area (Å²) in [5, 5.41) is 0. The predicted octanol–water partition coefficient (Wildman–Crippen LogP) is 4.21. The molecule has 96 valence electrons. The highest BCUT2D eigenvalue weighted by molar-refractivity contribution is 7.98. The van der Waals surface area contributed by atoms with Gasteiger partial charge in [0.1, 0.15) is 11.5 Å². The number of furan rings is 1. The molecule has 0 atom stereocenters. The van der Waals surface area contributed by atoms with Crippen LogP contribution in [0, 0.1) is 13.8 Å². The minimum Gasteiger partial charge on any atom is -0.492 e. The highest BCUT2D eigenvalue weighted by Gasteiger charge is 2.00. The Hall–Kier alpha value is -1.35. The molecule has 0 aliphatic rings. The van der Waals surface area contributed by atoms with E-state index in [0.29, 0.717) is 0 Å². The van der Waals surface area contributed by atoms with Crippen molar-refractivity contribution in [1.29, 1.82) is 0 Å². The molecule has 3 heteroatoms. The Kier molecular flexibility index (Phi) is 4.76. The van der Waals surface area contributed by atoms with Crippen LogP contribution >= 0.6 is 11.8 Å². The second-order valence-electron chi connectivity index (χ2n) is 4.25.